The van der Waals surface area contributed by atoms with Gasteiger partial charge in [0, 0.05) is 13.1 Å². The first-order valence-corrected chi connectivity index (χ1v) is 9.32. The van der Waals surface area contributed by atoms with E-state index in [1.807, 2.05) is 64.1 Å². The lowest BCUT2D eigenvalue weighted by Crippen LogP contribution is -2.37. The maximum Gasteiger partial charge on any atom is 0.122 e. The molecule has 0 saturated heterocycles. The van der Waals surface area contributed by atoms with Gasteiger partial charge in [-0.05, 0) is 51.0 Å². The normalized spacial score (nSPS) is 13.3. The SMILES string of the molecule is Cc1ccc(OCC(O)CNCC(O)COc2ccc(C)cc2C)c(C)c1. The molecule has 0 aromatic heterocycles. The van der Waals surface area contributed by atoms with Crippen LogP contribution in [0.15, 0.2) is 36.4 Å². The molecule has 3 N–H and O–H groups in total. The molecule has 2 atom stereocenters. The Balaban J connectivity index is 1.64. The minimum atomic E-state index is -0.654. The molecule has 0 spiro atoms. The second kappa shape index (κ2) is 10.3. The molecule has 2 unspecified atom stereocenters. The standard InChI is InChI=1S/C22H31NO4/c1-15-5-7-21(17(3)9-15)26-13-19(24)11-23-12-20(25)14-27-22-8-6-16(2)10-18(22)4/h5-10,19-20,23-25H,11-14H2,1-4H3. The molecule has 0 fully saturated rings. The van der Waals surface area contributed by atoms with E-state index in [2.05, 4.69) is 5.32 Å². The summed E-state index contributed by atoms with van der Waals surface area (Å²) < 4.78 is 11.3. The summed E-state index contributed by atoms with van der Waals surface area (Å²) in [4.78, 5) is 0. The first kappa shape index (κ1) is 21.2. The molecule has 5 heteroatoms. The summed E-state index contributed by atoms with van der Waals surface area (Å²) >= 11 is 0. The van der Waals surface area contributed by atoms with Crippen molar-refractivity contribution < 1.29 is 19.7 Å². The van der Waals surface area contributed by atoms with Gasteiger partial charge in [-0.3, -0.25) is 0 Å². The fourth-order valence-electron chi connectivity index (χ4n) is 2.83. The van der Waals surface area contributed by atoms with Gasteiger partial charge in [0.1, 0.15) is 36.9 Å². The third-order valence-corrected chi connectivity index (χ3v) is 4.28. The smallest absolute Gasteiger partial charge is 0.122 e. The minimum absolute atomic E-state index is 0.200. The van der Waals surface area contributed by atoms with Crippen LogP contribution in [0.25, 0.3) is 0 Å². The molecule has 0 amide bonds. The van der Waals surface area contributed by atoms with Crippen molar-refractivity contribution in [2.75, 3.05) is 26.3 Å². The third-order valence-electron chi connectivity index (χ3n) is 4.28. The number of nitrogens with one attached hydrogen (secondary N) is 1. The average Bonchev–Trinajstić information content (AvgIpc) is 2.60. The van der Waals surface area contributed by atoms with E-state index in [1.165, 1.54) is 11.1 Å². The highest BCUT2D eigenvalue weighted by Gasteiger charge is 2.10. The molecule has 0 aliphatic rings. The average molecular weight is 373 g/mol. The first-order chi connectivity index (χ1) is 12.8. The summed E-state index contributed by atoms with van der Waals surface area (Å²) in [5.74, 6) is 1.56. The second-order valence-electron chi connectivity index (χ2n) is 7.13. The van der Waals surface area contributed by atoms with Gasteiger partial charge < -0.3 is 25.0 Å². The van der Waals surface area contributed by atoms with Gasteiger partial charge in [-0.1, -0.05) is 35.4 Å². The second-order valence-corrected chi connectivity index (χ2v) is 7.13. The number of aliphatic hydroxyl groups excluding tert-OH is 2. The van der Waals surface area contributed by atoms with E-state index in [1.54, 1.807) is 0 Å². The first-order valence-electron chi connectivity index (χ1n) is 9.32. The molecule has 0 aliphatic heterocycles. The van der Waals surface area contributed by atoms with Crippen LogP contribution >= 0.6 is 0 Å². The van der Waals surface area contributed by atoms with Crippen LogP contribution in [0, 0.1) is 27.7 Å². The Bertz CT molecular complexity index is 671. The van der Waals surface area contributed by atoms with Crippen molar-refractivity contribution in [2.24, 2.45) is 0 Å². The number of hydrogen-bond acceptors (Lipinski definition) is 5. The summed E-state index contributed by atoms with van der Waals surface area (Å²) in [6.07, 6.45) is -1.31. The predicted octanol–water partition coefficient (Wildman–Crippen LogP) is 2.69. The molecular weight excluding hydrogens is 342 g/mol. The topological polar surface area (TPSA) is 71.0 Å². The van der Waals surface area contributed by atoms with Gasteiger partial charge in [-0.15, -0.1) is 0 Å². The molecule has 2 aromatic rings. The van der Waals surface area contributed by atoms with Crippen molar-refractivity contribution in [3.8, 4) is 11.5 Å². The number of benzene rings is 2. The van der Waals surface area contributed by atoms with Gasteiger partial charge in [0.15, 0.2) is 0 Å². The van der Waals surface area contributed by atoms with E-state index >= 15 is 0 Å². The highest BCUT2D eigenvalue weighted by Crippen LogP contribution is 2.19. The Labute approximate surface area is 162 Å². The lowest BCUT2D eigenvalue weighted by Gasteiger charge is -2.17. The van der Waals surface area contributed by atoms with Crippen molar-refractivity contribution in [1.29, 1.82) is 0 Å². The lowest BCUT2D eigenvalue weighted by molar-refractivity contribution is 0.0855. The van der Waals surface area contributed by atoms with Gasteiger partial charge in [0.25, 0.3) is 0 Å². The Hall–Kier alpha value is -2.08. The number of hydrogen-bond donors (Lipinski definition) is 3. The van der Waals surface area contributed by atoms with E-state index in [-0.39, 0.29) is 13.2 Å². The zero-order chi connectivity index (χ0) is 19.8. The van der Waals surface area contributed by atoms with Gasteiger partial charge in [0.2, 0.25) is 0 Å². The molecule has 2 rings (SSSR count). The summed E-state index contributed by atoms with van der Waals surface area (Å²) in [6, 6.07) is 11.9. The van der Waals surface area contributed by atoms with Gasteiger partial charge in [0.05, 0.1) is 0 Å². The molecule has 0 aliphatic carbocycles. The molecule has 0 bridgehead atoms. The molecule has 0 heterocycles. The monoisotopic (exact) mass is 373 g/mol. The summed E-state index contributed by atoms with van der Waals surface area (Å²) in [7, 11) is 0. The Morgan fingerprint density at radius 1 is 0.741 bits per heavy atom. The number of ether oxygens (including phenoxy) is 2. The Kier molecular flexibility index (Phi) is 8.10. The van der Waals surface area contributed by atoms with Crippen LogP contribution in [-0.4, -0.2) is 48.7 Å². The van der Waals surface area contributed by atoms with E-state index in [0.717, 1.165) is 22.6 Å². The van der Waals surface area contributed by atoms with Crippen LogP contribution in [0.3, 0.4) is 0 Å². The minimum Gasteiger partial charge on any atom is -0.491 e. The summed E-state index contributed by atoms with van der Waals surface area (Å²) in [6.45, 7) is 9.11. The highest BCUT2D eigenvalue weighted by molar-refractivity contribution is 5.36. The van der Waals surface area contributed by atoms with Crippen LogP contribution in [0.1, 0.15) is 22.3 Å². The van der Waals surface area contributed by atoms with Crippen molar-refractivity contribution in [3.05, 3.63) is 58.7 Å². The fraction of sp³-hybridized carbons (Fsp3) is 0.455. The molecule has 27 heavy (non-hydrogen) atoms. The van der Waals surface area contributed by atoms with Crippen LogP contribution in [0.5, 0.6) is 11.5 Å². The van der Waals surface area contributed by atoms with Crippen molar-refractivity contribution in [1.82, 2.24) is 5.32 Å². The molecule has 148 valence electrons. The third kappa shape index (κ3) is 7.21. The van der Waals surface area contributed by atoms with Crippen molar-refractivity contribution in [3.63, 3.8) is 0 Å². The van der Waals surface area contributed by atoms with E-state index < -0.39 is 12.2 Å². The van der Waals surface area contributed by atoms with Crippen LogP contribution in [0.4, 0.5) is 0 Å². The maximum atomic E-state index is 10.0. The zero-order valence-corrected chi connectivity index (χ0v) is 16.7. The van der Waals surface area contributed by atoms with E-state index in [9.17, 15) is 10.2 Å². The molecule has 0 radical (unpaired) electrons. The summed E-state index contributed by atoms with van der Waals surface area (Å²) in [5.41, 5.74) is 4.46. The van der Waals surface area contributed by atoms with Gasteiger partial charge >= 0.3 is 0 Å². The lowest BCUT2D eigenvalue weighted by atomic mass is 10.1. The number of rotatable bonds is 10. The van der Waals surface area contributed by atoms with Crippen LogP contribution in [0.2, 0.25) is 0 Å². The van der Waals surface area contributed by atoms with Crippen molar-refractivity contribution in [2.45, 2.75) is 39.9 Å². The van der Waals surface area contributed by atoms with E-state index in [0.29, 0.717) is 13.1 Å². The molecule has 2 aromatic carbocycles. The molecular formula is C22H31NO4. The van der Waals surface area contributed by atoms with Crippen LogP contribution < -0.4 is 14.8 Å². The molecule has 0 saturated carbocycles. The predicted molar refractivity (Wildman–Crippen MR) is 108 cm³/mol. The van der Waals surface area contributed by atoms with Gasteiger partial charge in [-0.25, -0.2) is 0 Å². The summed E-state index contributed by atoms with van der Waals surface area (Å²) in [5, 5.41) is 23.1. The van der Waals surface area contributed by atoms with E-state index in [4.69, 9.17) is 9.47 Å². The number of aliphatic hydroxyl groups is 2. The Morgan fingerprint density at radius 2 is 1.15 bits per heavy atom. The van der Waals surface area contributed by atoms with Crippen LogP contribution in [-0.2, 0) is 0 Å². The highest BCUT2D eigenvalue weighted by atomic mass is 16.5. The number of aryl methyl sites for hydroxylation is 4. The van der Waals surface area contributed by atoms with Crippen molar-refractivity contribution >= 4 is 0 Å². The quantitative estimate of drug-likeness (QED) is 0.597. The fourth-order valence-corrected chi connectivity index (χ4v) is 2.83. The maximum absolute atomic E-state index is 10.0. The van der Waals surface area contributed by atoms with Gasteiger partial charge in [-0.2, -0.15) is 0 Å². The largest absolute Gasteiger partial charge is 0.491 e. The zero-order valence-electron chi connectivity index (χ0n) is 16.7. The molecule has 5 nitrogen and oxygen atoms in total. The Morgan fingerprint density at radius 3 is 1.52 bits per heavy atom.